The number of nitrogens with zero attached hydrogens (tertiary/aromatic N) is 6. The minimum absolute atomic E-state index is 0. The zero-order valence-electron chi connectivity index (χ0n) is 31.2. The van der Waals surface area contributed by atoms with Crippen molar-refractivity contribution in [3.05, 3.63) is 115 Å². The van der Waals surface area contributed by atoms with Crippen LogP contribution in [0.4, 0.5) is 39.8 Å². The molecule has 7 aromatic carbocycles. The Labute approximate surface area is 402 Å². The molecule has 0 atom stereocenters. The summed E-state index contributed by atoms with van der Waals surface area (Å²) in [5.41, 5.74) is 6.52. The molecule has 0 aliphatic rings. The van der Waals surface area contributed by atoms with Gasteiger partial charge in [-0.25, -0.2) is 0 Å². The third kappa shape index (κ3) is 10.7. The first-order chi connectivity index (χ1) is 26.5. The van der Waals surface area contributed by atoms with E-state index in [2.05, 4.69) is 30.7 Å². The molecule has 7 rings (SSSR count). The first kappa shape index (κ1) is 48.1. The number of azo groups is 3. The average Bonchev–Trinajstić information content (AvgIpc) is 3.15. The minimum Gasteiger partial charge on any atom is -0.505 e. The molecule has 282 valence electrons. The molecular formula is C36H25N7Na3O10S3+3. The maximum Gasteiger partial charge on any atom is 1.00 e. The van der Waals surface area contributed by atoms with Gasteiger partial charge in [0.2, 0.25) is 0 Å². The van der Waals surface area contributed by atoms with E-state index in [0.29, 0.717) is 16.8 Å². The van der Waals surface area contributed by atoms with Crippen molar-refractivity contribution in [2.45, 2.75) is 14.7 Å². The van der Waals surface area contributed by atoms with Gasteiger partial charge < -0.3 is 10.8 Å². The molecular weight excluding hydrogens is 856 g/mol. The second-order valence-corrected chi connectivity index (χ2v) is 16.3. The number of aromatic hydroxyl groups is 1. The van der Waals surface area contributed by atoms with Crippen molar-refractivity contribution < 1.29 is 133 Å². The van der Waals surface area contributed by atoms with Crippen LogP contribution in [-0.2, 0) is 30.4 Å². The molecule has 0 aromatic heterocycles. The van der Waals surface area contributed by atoms with Gasteiger partial charge in [-0.1, -0.05) is 36.4 Å². The molecule has 7 aromatic rings. The molecule has 0 fully saturated rings. The van der Waals surface area contributed by atoms with Gasteiger partial charge in [0, 0.05) is 32.6 Å². The standard InChI is InChI=1S/C36H25N7O10S3.3Na/c37-21-7-6-20-16-34(56(51,52)53)35(36(44)27(20)17-21)43-42-33-15-13-31(26-11-9-24(19-29(26)33)55(48,49)50)40-41-32-14-12-30(39-38-22-4-2-1-3-5-22)25-10-8-23(18-28(25)32)54(45,46)47;;;/h1-19,44H,37H2,(H,45,46,47)(H,48,49,50)(H,51,52,53);;;/q;3*+1. The fourth-order valence-electron chi connectivity index (χ4n) is 5.73. The maximum absolute atomic E-state index is 12.3. The van der Waals surface area contributed by atoms with Gasteiger partial charge in [-0.15, -0.1) is 25.6 Å². The van der Waals surface area contributed by atoms with E-state index in [0.717, 1.165) is 18.2 Å². The molecule has 0 amide bonds. The van der Waals surface area contributed by atoms with Crippen molar-refractivity contribution in [3.63, 3.8) is 0 Å². The molecule has 23 heteroatoms. The van der Waals surface area contributed by atoms with Crippen LogP contribution in [0.25, 0.3) is 32.3 Å². The summed E-state index contributed by atoms with van der Waals surface area (Å²) in [5.74, 6) is -0.670. The van der Waals surface area contributed by atoms with E-state index in [1.807, 2.05) is 6.07 Å². The molecule has 0 aliphatic carbocycles. The van der Waals surface area contributed by atoms with Gasteiger partial charge in [0.05, 0.1) is 38.2 Å². The summed E-state index contributed by atoms with van der Waals surface area (Å²) in [6.45, 7) is 0. The second kappa shape index (κ2) is 19.0. The third-order valence-corrected chi connectivity index (χ3v) is 11.0. The molecule has 0 spiro atoms. The minimum atomic E-state index is -4.96. The fraction of sp³-hybridized carbons (Fsp3) is 0. The average molecular weight is 881 g/mol. The largest absolute Gasteiger partial charge is 1.00 e. The predicted molar refractivity (Wildman–Crippen MR) is 206 cm³/mol. The van der Waals surface area contributed by atoms with E-state index in [9.17, 15) is 44.0 Å². The Bertz CT molecular complexity index is 3210. The first-order valence-corrected chi connectivity index (χ1v) is 20.2. The van der Waals surface area contributed by atoms with E-state index in [-0.39, 0.29) is 138 Å². The fourth-order valence-corrected chi connectivity index (χ4v) is 7.40. The Morgan fingerprint density at radius 3 is 1.37 bits per heavy atom. The zero-order chi connectivity index (χ0) is 40.0. The number of phenolic OH excluding ortho intramolecular Hbond substituents is 1. The molecule has 0 heterocycles. The number of phenols is 1. The van der Waals surface area contributed by atoms with Gasteiger partial charge in [-0.05, 0) is 84.2 Å². The summed E-state index contributed by atoms with van der Waals surface area (Å²) in [7, 11) is -14.3. The van der Waals surface area contributed by atoms with Crippen LogP contribution in [0.3, 0.4) is 0 Å². The van der Waals surface area contributed by atoms with Crippen molar-refractivity contribution in [2.24, 2.45) is 30.7 Å². The van der Waals surface area contributed by atoms with Gasteiger partial charge in [-0.2, -0.15) is 30.4 Å². The van der Waals surface area contributed by atoms with Gasteiger partial charge >= 0.3 is 88.7 Å². The Morgan fingerprint density at radius 1 is 0.441 bits per heavy atom. The summed E-state index contributed by atoms with van der Waals surface area (Å²) in [4.78, 5) is -1.74. The van der Waals surface area contributed by atoms with Gasteiger partial charge in [0.15, 0.2) is 5.75 Å². The quantitative estimate of drug-likeness (QED) is 0.0574. The summed E-state index contributed by atoms with van der Waals surface area (Å²) >= 11 is 0. The van der Waals surface area contributed by atoms with Crippen LogP contribution in [-0.4, -0.2) is 44.0 Å². The molecule has 17 nitrogen and oxygen atoms in total. The molecule has 0 radical (unpaired) electrons. The van der Waals surface area contributed by atoms with E-state index in [1.165, 1.54) is 60.7 Å². The zero-order valence-corrected chi connectivity index (χ0v) is 39.6. The molecule has 6 N–H and O–H groups in total. The normalized spacial score (nSPS) is 12.3. The van der Waals surface area contributed by atoms with Crippen LogP contribution < -0.4 is 94.4 Å². The summed E-state index contributed by atoms with van der Waals surface area (Å²) < 4.78 is 103. The number of nitrogens with two attached hydrogens (primary N) is 1. The van der Waals surface area contributed by atoms with Crippen molar-refractivity contribution in [1.29, 1.82) is 0 Å². The molecule has 59 heavy (non-hydrogen) atoms. The maximum atomic E-state index is 12.3. The number of benzene rings is 7. The summed E-state index contributed by atoms with van der Waals surface area (Å²) in [6.07, 6.45) is 0. The topological polar surface area (TPSA) is 284 Å². The summed E-state index contributed by atoms with van der Waals surface area (Å²) in [6, 6.07) is 27.2. The van der Waals surface area contributed by atoms with Crippen LogP contribution in [0.2, 0.25) is 0 Å². The van der Waals surface area contributed by atoms with Gasteiger partial charge in [-0.3, -0.25) is 13.7 Å². The van der Waals surface area contributed by atoms with E-state index in [4.69, 9.17) is 5.73 Å². The molecule has 0 saturated heterocycles. The van der Waals surface area contributed by atoms with E-state index < -0.39 is 56.5 Å². The summed E-state index contributed by atoms with van der Waals surface area (Å²) in [5, 5.41) is 37.4. The molecule has 0 unspecified atom stereocenters. The Balaban J connectivity index is 0.00000256. The second-order valence-electron chi connectivity index (χ2n) is 12.0. The van der Waals surface area contributed by atoms with E-state index >= 15 is 0 Å². The van der Waals surface area contributed by atoms with Crippen molar-refractivity contribution in [3.8, 4) is 5.75 Å². The van der Waals surface area contributed by atoms with E-state index in [1.54, 1.807) is 30.3 Å². The Morgan fingerprint density at radius 2 is 0.898 bits per heavy atom. The van der Waals surface area contributed by atoms with Gasteiger partial charge in [0.1, 0.15) is 10.6 Å². The van der Waals surface area contributed by atoms with Crippen molar-refractivity contribution in [1.82, 2.24) is 0 Å². The molecule has 0 bridgehead atoms. The van der Waals surface area contributed by atoms with Crippen LogP contribution in [0.1, 0.15) is 0 Å². The van der Waals surface area contributed by atoms with Crippen LogP contribution >= 0.6 is 0 Å². The van der Waals surface area contributed by atoms with Crippen LogP contribution in [0.5, 0.6) is 5.75 Å². The SMILES string of the molecule is Nc1ccc2cc(S(=O)(=O)O)c(N=Nc3ccc(N=Nc4ccc(N=Nc5ccccc5)c5ccc(S(=O)(=O)O)cc45)c4ccc(S(=O)(=O)O)cc34)c(O)c2c1.[Na+].[Na+].[Na+]. The predicted octanol–water partition coefficient (Wildman–Crippen LogP) is 0.432. The smallest absolute Gasteiger partial charge is 0.505 e. The monoisotopic (exact) mass is 880 g/mol. The number of rotatable bonds is 9. The number of hydrogen-bond acceptors (Lipinski definition) is 14. The number of fused-ring (bicyclic) bond motifs is 3. The van der Waals surface area contributed by atoms with Crippen LogP contribution in [0.15, 0.2) is 161 Å². The van der Waals surface area contributed by atoms with Crippen molar-refractivity contribution in [2.75, 3.05) is 5.73 Å². The van der Waals surface area contributed by atoms with Gasteiger partial charge in [0.25, 0.3) is 30.4 Å². The number of hydrogen-bond donors (Lipinski definition) is 5. The number of nitrogen functional groups attached to an aromatic ring is 1. The first-order valence-electron chi connectivity index (χ1n) is 15.9. The Hall–Kier alpha value is -3.55. The molecule has 0 aliphatic heterocycles. The van der Waals surface area contributed by atoms with Crippen molar-refractivity contribution >= 4 is 102 Å². The number of anilines is 1. The van der Waals surface area contributed by atoms with Crippen LogP contribution in [0, 0.1) is 0 Å². The molecule has 0 saturated carbocycles. The third-order valence-electron chi connectivity index (χ3n) is 8.39. The Kier molecular flexibility index (Phi) is 15.5.